The molecule has 90 valence electrons. The number of anilines is 1. The molecule has 1 saturated heterocycles. The van der Waals surface area contributed by atoms with E-state index in [1.165, 1.54) is 0 Å². The summed E-state index contributed by atoms with van der Waals surface area (Å²) in [5.74, 6) is 0. The van der Waals surface area contributed by atoms with Gasteiger partial charge in [-0.15, -0.1) is 0 Å². The van der Waals surface area contributed by atoms with Crippen molar-refractivity contribution in [2.45, 2.75) is 12.6 Å². The normalized spacial score (nSPS) is 23.8. The van der Waals surface area contributed by atoms with Gasteiger partial charge < -0.3 is 9.27 Å². The third kappa shape index (κ3) is 3.51. The van der Waals surface area contributed by atoms with Crippen LogP contribution in [0.4, 0.5) is 5.69 Å². The summed E-state index contributed by atoms with van der Waals surface area (Å²) in [7, 11) is 0. The molecule has 1 aliphatic rings. The first-order valence-corrected chi connectivity index (χ1v) is 6.00. The maximum absolute atomic E-state index is 10.4. The van der Waals surface area contributed by atoms with Crippen molar-refractivity contribution >= 4 is 17.0 Å². The van der Waals surface area contributed by atoms with Crippen LogP contribution in [0.15, 0.2) is 24.3 Å². The van der Waals surface area contributed by atoms with Crippen LogP contribution in [0.3, 0.4) is 0 Å². The molecule has 3 unspecified atom stereocenters. The second-order valence-electron chi connectivity index (χ2n) is 3.55. The van der Waals surface area contributed by atoms with E-state index in [9.17, 15) is 8.76 Å². The van der Waals surface area contributed by atoms with Gasteiger partial charge in [-0.05, 0) is 17.7 Å². The summed E-state index contributed by atoms with van der Waals surface area (Å²) in [5.41, 5.74) is 1.42. The van der Waals surface area contributed by atoms with Crippen LogP contribution in [0.2, 0.25) is 0 Å². The van der Waals surface area contributed by atoms with Gasteiger partial charge in [0.25, 0.3) is 0 Å². The molecule has 1 aliphatic heterocycles. The Labute approximate surface area is 101 Å². The van der Waals surface area contributed by atoms with Crippen molar-refractivity contribution in [3.63, 3.8) is 0 Å². The number of benzene rings is 1. The lowest BCUT2D eigenvalue weighted by molar-refractivity contribution is -0.0826. The molecule has 1 N–H and O–H groups in total. The van der Waals surface area contributed by atoms with Gasteiger partial charge in [-0.3, -0.25) is 9.05 Å². The van der Waals surface area contributed by atoms with Crippen molar-refractivity contribution in [2.24, 2.45) is 0 Å². The zero-order valence-electron chi connectivity index (χ0n) is 8.83. The molecule has 1 fully saturated rings. The number of nitrogens with zero attached hydrogens (tertiary/aromatic N) is 2. The van der Waals surface area contributed by atoms with Crippen LogP contribution in [-0.2, 0) is 22.7 Å². The molecule has 7 heteroatoms. The molecule has 2 rings (SSSR count). The standard InChI is InChI=1S/C10H11N3O3S/c11-5-10-6-13(10)16-7-8-1-3-9(4-2-8)12-17(14)15/h1-4,10,12H,6-7H2,(H,14,15)/p-1. The third-order valence-electron chi connectivity index (χ3n) is 2.27. The van der Waals surface area contributed by atoms with E-state index in [1.54, 1.807) is 29.3 Å². The number of nitrogens with one attached hydrogen (secondary N) is 1. The Bertz CT molecular complexity index is 457. The first-order chi connectivity index (χ1) is 8.19. The predicted octanol–water partition coefficient (Wildman–Crippen LogP) is 0.532. The molecule has 0 bridgehead atoms. The number of rotatable bonds is 5. The molecule has 1 aromatic carbocycles. The zero-order valence-corrected chi connectivity index (χ0v) is 9.64. The van der Waals surface area contributed by atoms with Gasteiger partial charge in [0.15, 0.2) is 0 Å². The topological polar surface area (TPSA) is 88.2 Å². The molecule has 0 saturated carbocycles. The largest absolute Gasteiger partial charge is 0.755 e. The minimum absolute atomic E-state index is 0.126. The molecule has 6 nitrogen and oxygen atoms in total. The van der Waals surface area contributed by atoms with E-state index in [1.807, 2.05) is 0 Å². The maximum atomic E-state index is 10.4. The van der Waals surface area contributed by atoms with Crippen LogP contribution >= 0.6 is 0 Å². The van der Waals surface area contributed by atoms with Crippen molar-refractivity contribution in [3.05, 3.63) is 29.8 Å². The van der Waals surface area contributed by atoms with E-state index in [-0.39, 0.29) is 6.04 Å². The minimum Gasteiger partial charge on any atom is -0.755 e. The van der Waals surface area contributed by atoms with E-state index in [0.717, 1.165) is 5.56 Å². The van der Waals surface area contributed by atoms with E-state index in [2.05, 4.69) is 10.8 Å². The SMILES string of the molecule is N#CC1CN1OCc1ccc(NS(=O)[O-])cc1. The Hall–Kier alpha value is -1.46. The highest BCUT2D eigenvalue weighted by atomic mass is 32.2. The van der Waals surface area contributed by atoms with Crippen LogP contribution in [0, 0.1) is 11.3 Å². The summed E-state index contributed by atoms with van der Waals surface area (Å²) in [4.78, 5) is 5.33. The fraction of sp³-hybridized carbons (Fsp3) is 0.300. The van der Waals surface area contributed by atoms with Gasteiger partial charge in [-0.1, -0.05) is 12.1 Å². The summed E-state index contributed by atoms with van der Waals surface area (Å²) in [6, 6.07) is 8.78. The molecule has 17 heavy (non-hydrogen) atoms. The highest BCUT2D eigenvalue weighted by Crippen LogP contribution is 2.18. The Morgan fingerprint density at radius 2 is 2.29 bits per heavy atom. The summed E-state index contributed by atoms with van der Waals surface area (Å²) in [6.45, 7) is 1.02. The average Bonchev–Trinajstić information content (AvgIpc) is 3.06. The van der Waals surface area contributed by atoms with Crippen molar-refractivity contribution < 1.29 is 13.6 Å². The van der Waals surface area contributed by atoms with Crippen LogP contribution in [0.25, 0.3) is 0 Å². The first kappa shape index (κ1) is 12.0. The quantitative estimate of drug-likeness (QED) is 0.610. The second kappa shape index (κ2) is 5.25. The summed E-state index contributed by atoms with van der Waals surface area (Å²) < 4.78 is 23.0. The van der Waals surface area contributed by atoms with Crippen molar-refractivity contribution in [2.75, 3.05) is 11.3 Å². The van der Waals surface area contributed by atoms with Gasteiger partial charge in [-0.25, -0.2) is 0 Å². The van der Waals surface area contributed by atoms with Crippen LogP contribution < -0.4 is 4.72 Å². The maximum Gasteiger partial charge on any atom is 0.137 e. The number of nitriles is 1. The van der Waals surface area contributed by atoms with Crippen molar-refractivity contribution in [1.29, 1.82) is 5.26 Å². The Balaban J connectivity index is 1.82. The summed E-state index contributed by atoms with van der Waals surface area (Å²) >= 11 is -2.31. The fourth-order valence-corrected chi connectivity index (χ4v) is 1.62. The minimum atomic E-state index is -2.31. The molecule has 0 aromatic heterocycles. The van der Waals surface area contributed by atoms with Crippen LogP contribution in [0.1, 0.15) is 5.56 Å². The third-order valence-corrected chi connectivity index (χ3v) is 2.67. The highest BCUT2D eigenvalue weighted by molar-refractivity contribution is 7.80. The van der Waals surface area contributed by atoms with E-state index >= 15 is 0 Å². The lowest BCUT2D eigenvalue weighted by atomic mass is 10.2. The molecule has 1 heterocycles. The van der Waals surface area contributed by atoms with E-state index in [0.29, 0.717) is 18.8 Å². The van der Waals surface area contributed by atoms with Gasteiger partial charge in [0.1, 0.15) is 6.04 Å². The first-order valence-electron chi connectivity index (χ1n) is 4.93. The predicted molar refractivity (Wildman–Crippen MR) is 59.9 cm³/mol. The fourth-order valence-electron chi connectivity index (χ4n) is 1.29. The summed E-state index contributed by atoms with van der Waals surface area (Å²) in [5, 5.41) is 10.2. The van der Waals surface area contributed by atoms with Crippen molar-refractivity contribution in [3.8, 4) is 6.07 Å². The Kier molecular flexibility index (Phi) is 3.71. The van der Waals surface area contributed by atoms with Gasteiger partial charge in [0.2, 0.25) is 0 Å². The van der Waals surface area contributed by atoms with Gasteiger partial charge in [0, 0.05) is 17.0 Å². The van der Waals surface area contributed by atoms with Crippen LogP contribution in [-0.4, -0.2) is 26.4 Å². The monoisotopic (exact) mass is 252 g/mol. The van der Waals surface area contributed by atoms with Crippen LogP contribution in [0.5, 0.6) is 0 Å². The molecular weight excluding hydrogens is 242 g/mol. The molecule has 0 spiro atoms. The van der Waals surface area contributed by atoms with Gasteiger partial charge >= 0.3 is 0 Å². The lowest BCUT2D eigenvalue weighted by Gasteiger charge is -2.09. The number of hydrogen-bond acceptors (Lipinski definition) is 5. The lowest BCUT2D eigenvalue weighted by Crippen LogP contribution is -2.04. The molecular formula is C10H10N3O3S-. The smallest absolute Gasteiger partial charge is 0.137 e. The van der Waals surface area contributed by atoms with Gasteiger partial charge in [0.05, 0.1) is 19.2 Å². The van der Waals surface area contributed by atoms with E-state index < -0.39 is 11.3 Å². The van der Waals surface area contributed by atoms with Gasteiger partial charge in [-0.2, -0.15) is 10.3 Å². The second-order valence-corrected chi connectivity index (χ2v) is 4.23. The Morgan fingerprint density at radius 3 is 2.82 bits per heavy atom. The Morgan fingerprint density at radius 1 is 1.59 bits per heavy atom. The molecule has 1 aromatic rings. The average molecular weight is 252 g/mol. The molecule has 0 radical (unpaired) electrons. The van der Waals surface area contributed by atoms with Crippen molar-refractivity contribution in [1.82, 2.24) is 5.06 Å². The number of hydrogen-bond donors (Lipinski definition) is 1. The molecule has 3 atom stereocenters. The summed E-state index contributed by atoms with van der Waals surface area (Å²) in [6.07, 6.45) is 0. The highest BCUT2D eigenvalue weighted by Gasteiger charge is 2.35. The van der Waals surface area contributed by atoms with E-state index in [4.69, 9.17) is 10.1 Å². The molecule has 0 aliphatic carbocycles. The molecule has 0 amide bonds. The zero-order chi connectivity index (χ0) is 12.3. The number of hydroxylamine groups is 2.